The fourth-order valence-electron chi connectivity index (χ4n) is 2.66. The van der Waals surface area contributed by atoms with Gasteiger partial charge in [0.05, 0.1) is 6.33 Å². The Balaban J connectivity index is 1.63. The molecule has 0 amide bonds. The van der Waals surface area contributed by atoms with E-state index >= 15 is 0 Å². The van der Waals surface area contributed by atoms with Crippen molar-refractivity contribution in [3.63, 3.8) is 0 Å². The number of aryl methyl sites for hydroxylation is 1. The number of imidazole rings is 1. The van der Waals surface area contributed by atoms with Crippen molar-refractivity contribution >= 4 is 0 Å². The maximum Gasteiger partial charge on any atom is 0.0945 e. The number of aliphatic hydroxyl groups is 1. The van der Waals surface area contributed by atoms with Crippen molar-refractivity contribution < 1.29 is 5.11 Å². The van der Waals surface area contributed by atoms with E-state index in [9.17, 15) is 5.11 Å². The fraction of sp³-hybridized carbons (Fsp3) is 0.769. The highest BCUT2D eigenvalue weighted by Gasteiger charge is 2.23. The van der Waals surface area contributed by atoms with Crippen LogP contribution in [-0.4, -0.2) is 33.9 Å². The minimum atomic E-state index is 0.333. The number of aliphatic hydroxyl groups excluding tert-OH is 1. The summed E-state index contributed by atoms with van der Waals surface area (Å²) in [5.41, 5.74) is 0. The fourth-order valence-corrected chi connectivity index (χ4v) is 2.66. The summed E-state index contributed by atoms with van der Waals surface area (Å²) in [6, 6.07) is 0.525. The summed E-state index contributed by atoms with van der Waals surface area (Å²) in [4.78, 5) is 4.03. The standard InChI is InChI=1S/C13H23N3O/c17-10-12-4-1-2-5-13(12)15-6-3-8-16-9-7-14-11-16/h7,9,11-13,15,17H,1-6,8,10H2/t12-,13+/m1/s1. The molecule has 0 saturated heterocycles. The third-order valence-corrected chi connectivity index (χ3v) is 3.70. The lowest BCUT2D eigenvalue weighted by molar-refractivity contribution is 0.153. The third kappa shape index (κ3) is 3.82. The van der Waals surface area contributed by atoms with E-state index in [1.807, 2.05) is 18.7 Å². The molecule has 1 aromatic heterocycles. The van der Waals surface area contributed by atoms with Gasteiger partial charge in [0.15, 0.2) is 0 Å². The molecule has 1 aliphatic carbocycles. The quantitative estimate of drug-likeness (QED) is 0.736. The van der Waals surface area contributed by atoms with Gasteiger partial charge in [-0.3, -0.25) is 0 Å². The molecular formula is C13H23N3O. The van der Waals surface area contributed by atoms with Gasteiger partial charge in [0.25, 0.3) is 0 Å². The first-order valence-corrected chi connectivity index (χ1v) is 6.70. The summed E-state index contributed by atoms with van der Waals surface area (Å²) in [5, 5.41) is 12.9. The van der Waals surface area contributed by atoms with Crippen LogP contribution < -0.4 is 5.32 Å². The zero-order valence-corrected chi connectivity index (χ0v) is 10.4. The molecular weight excluding hydrogens is 214 g/mol. The van der Waals surface area contributed by atoms with Crippen LogP contribution in [0.3, 0.4) is 0 Å². The van der Waals surface area contributed by atoms with Gasteiger partial charge >= 0.3 is 0 Å². The lowest BCUT2D eigenvalue weighted by atomic mass is 9.85. The predicted octanol–water partition coefficient (Wildman–Crippen LogP) is 1.41. The molecule has 96 valence electrons. The molecule has 0 aliphatic heterocycles. The smallest absolute Gasteiger partial charge is 0.0945 e. The van der Waals surface area contributed by atoms with Crippen LogP contribution in [0.1, 0.15) is 32.1 Å². The largest absolute Gasteiger partial charge is 0.396 e. The summed E-state index contributed by atoms with van der Waals surface area (Å²) < 4.78 is 2.10. The van der Waals surface area contributed by atoms with Gasteiger partial charge in [-0.1, -0.05) is 12.8 Å². The SMILES string of the molecule is OC[C@H]1CCCC[C@@H]1NCCCn1ccnc1. The molecule has 2 atom stereocenters. The lowest BCUT2D eigenvalue weighted by Gasteiger charge is -2.31. The summed E-state index contributed by atoms with van der Waals surface area (Å²) >= 11 is 0. The minimum Gasteiger partial charge on any atom is -0.396 e. The summed E-state index contributed by atoms with van der Waals surface area (Å²) in [7, 11) is 0. The second kappa shape index (κ2) is 6.77. The van der Waals surface area contributed by atoms with Gasteiger partial charge in [0.1, 0.15) is 0 Å². The molecule has 0 radical (unpaired) electrons. The number of hydrogen-bond donors (Lipinski definition) is 2. The Labute approximate surface area is 103 Å². The molecule has 4 nitrogen and oxygen atoms in total. The minimum absolute atomic E-state index is 0.333. The van der Waals surface area contributed by atoms with E-state index in [0.717, 1.165) is 19.5 Å². The Morgan fingerprint density at radius 3 is 3.00 bits per heavy atom. The van der Waals surface area contributed by atoms with E-state index < -0.39 is 0 Å². The molecule has 1 saturated carbocycles. The summed E-state index contributed by atoms with van der Waals surface area (Å²) in [6.45, 7) is 2.38. The Morgan fingerprint density at radius 2 is 2.24 bits per heavy atom. The lowest BCUT2D eigenvalue weighted by Crippen LogP contribution is -2.40. The summed E-state index contributed by atoms with van der Waals surface area (Å²) in [5.74, 6) is 0.469. The van der Waals surface area contributed by atoms with Crippen molar-refractivity contribution in [3.8, 4) is 0 Å². The topological polar surface area (TPSA) is 50.1 Å². The molecule has 0 bridgehead atoms. The second-order valence-electron chi connectivity index (χ2n) is 4.94. The van der Waals surface area contributed by atoms with E-state index in [0.29, 0.717) is 18.6 Å². The van der Waals surface area contributed by atoms with Gasteiger partial charge in [-0.15, -0.1) is 0 Å². The van der Waals surface area contributed by atoms with E-state index in [1.165, 1.54) is 25.7 Å². The number of nitrogens with one attached hydrogen (secondary N) is 1. The van der Waals surface area contributed by atoms with Crippen molar-refractivity contribution in [2.45, 2.75) is 44.7 Å². The van der Waals surface area contributed by atoms with Crippen molar-refractivity contribution in [2.75, 3.05) is 13.2 Å². The van der Waals surface area contributed by atoms with E-state index in [2.05, 4.69) is 14.9 Å². The Bertz CT molecular complexity index is 300. The first-order valence-electron chi connectivity index (χ1n) is 6.70. The van der Waals surface area contributed by atoms with Crippen LogP contribution in [0.15, 0.2) is 18.7 Å². The highest BCUT2D eigenvalue weighted by molar-refractivity contribution is 4.80. The maximum absolute atomic E-state index is 9.32. The van der Waals surface area contributed by atoms with Gasteiger partial charge in [-0.25, -0.2) is 4.98 Å². The summed E-state index contributed by atoms with van der Waals surface area (Å²) in [6.07, 6.45) is 11.8. The number of hydrogen-bond acceptors (Lipinski definition) is 3. The Kier molecular flexibility index (Phi) is 5.01. The average Bonchev–Trinajstić information content (AvgIpc) is 2.88. The second-order valence-corrected chi connectivity index (χ2v) is 4.94. The van der Waals surface area contributed by atoms with Crippen LogP contribution in [-0.2, 0) is 6.54 Å². The molecule has 2 N–H and O–H groups in total. The third-order valence-electron chi connectivity index (χ3n) is 3.70. The first-order chi connectivity index (χ1) is 8.40. The Hall–Kier alpha value is -0.870. The molecule has 0 spiro atoms. The highest BCUT2D eigenvalue weighted by atomic mass is 16.3. The van der Waals surface area contributed by atoms with Crippen LogP contribution in [0.2, 0.25) is 0 Å². The van der Waals surface area contributed by atoms with Gasteiger partial charge < -0.3 is 15.0 Å². The number of aromatic nitrogens is 2. The van der Waals surface area contributed by atoms with E-state index in [4.69, 9.17) is 0 Å². The van der Waals surface area contributed by atoms with Crippen molar-refractivity contribution in [2.24, 2.45) is 5.92 Å². The molecule has 1 fully saturated rings. The van der Waals surface area contributed by atoms with Gasteiger partial charge in [-0.2, -0.15) is 0 Å². The van der Waals surface area contributed by atoms with Crippen molar-refractivity contribution in [3.05, 3.63) is 18.7 Å². The van der Waals surface area contributed by atoms with Crippen LogP contribution in [0.5, 0.6) is 0 Å². The average molecular weight is 237 g/mol. The zero-order chi connectivity index (χ0) is 11.9. The molecule has 17 heavy (non-hydrogen) atoms. The molecule has 0 aromatic carbocycles. The molecule has 1 aliphatic rings. The normalized spacial score (nSPS) is 25.0. The number of nitrogens with zero attached hydrogens (tertiary/aromatic N) is 2. The van der Waals surface area contributed by atoms with Crippen molar-refractivity contribution in [1.82, 2.24) is 14.9 Å². The Morgan fingerprint density at radius 1 is 1.35 bits per heavy atom. The molecule has 0 unspecified atom stereocenters. The van der Waals surface area contributed by atoms with Crippen LogP contribution in [0.4, 0.5) is 0 Å². The molecule has 1 aromatic rings. The van der Waals surface area contributed by atoms with Gasteiger partial charge in [0.2, 0.25) is 0 Å². The van der Waals surface area contributed by atoms with Gasteiger partial charge in [-0.05, 0) is 31.7 Å². The van der Waals surface area contributed by atoms with E-state index in [-0.39, 0.29) is 0 Å². The highest BCUT2D eigenvalue weighted by Crippen LogP contribution is 2.23. The number of rotatable bonds is 6. The molecule has 4 heteroatoms. The maximum atomic E-state index is 9.32. The molecule has 2 rings (SSSR count). The predicted molar refractivity (Wildman–Crippen MR) is 67.7 cm³/mol. The van der Waals surface area contributed by atoms with Gasteiger partial charge in [0, 0.05) is 31.6 Å². The van der Waals surface area contributed by atoms with Crippen molar-refractivity contribution in [1.29, 1.82) is 0 Å². The van der Waals surface area contributed by atoms with Crippen LogP contribution in [0.25, 0.3) is 0 Å². The van der Waals surface area contributed by atoms with E-state index in [1.54, 1.807) is 0 Å². The zero-order valence-electron chi connectivity index (χ0n) is 10.4. The van der Waals surface area contributed by atoms with Crippen LogP contribution >= 0.6 is 0 Å². The molecule has 1 heterocycles. The van der Waals surface area contributed by atoms with Crippen LogP contribution in [0, 0.1) is 5.92 Å². The first kappa shape index (κ1) is 12.6. The monoisotopic (exact) mass is 237 g/mol.